The first-order chi connectivity index (χ1) is 16.2. The molecule has 10 heteroatoms. The van der Waals surface area contributed by atoms with Gasteiger partial charge in [-0.2, -0.15) is 8.75 Å². The van der Waals surface area contributed by atoms with Gasteiger partial charge in [0.05, 0.1) is 41.7 Å². The molecule has 0 bridgehead atoms. The van der Waals surface area contributed by atoms with Crippen LogP contribution in [0.4, 0.5) is 17.3 Å². The maximum absolute atomic E-state index is 13.1. The molecule has 4 rings (SSSR count). The monoisotopic (exact) mass is 501 g/mol. The van der Waals surface area contributed by atoms with Crippen LogP contribution in [-0.4, -0.2) is 49.0 Å². The van der Waals surface area contributed by atoms with E-state index in [1.807, 2.05) is 0 Å². The molecule has 2 aromatic heterocycles. The van der Waals surface area contributed by atoms with E-state index in [9.17, 15) is 15.0 Å². The number of anilines is 3. The lowest BCUT2D eigenvalue weighted by Crippen LogP contribution is -2.37. The topological polar surface area (TPSA) is 111 Å². The predicted octanol–water partition coefficient (Wildman–Crippen LogP) is 5.15. The van der Waals surface area contributed by atoms with Crippen LogP contribution < -0.4 is 10.6 Å². The number of amides is 1. The molecule has 0 spiro atoms. The number of thiophene rings is 1. The van der Waals surface area contributed by atoms with Crippen molar-refractivity contribution >= 4 is 46.3 Å². The van der Waals surface area contributed by atoms with Crippen molar-refractivity contribution in [1.29, 1.82) is 0 Å². The zero-order chi connectivity index (χ0) is 24.5. The molecule has 0 radical (unpaired) electrons. The molecule has 2 atom stereocenters. The highest BCUT2D eigenvalue weighted by Crippen LogP contribution is 2.41. The summed E-state index contributed by atoms with van der Waals surface area (Å²) in [5, 5.41) is 27.2. The molecule has 182 valence electrons. The minimum atomic E-state index is -0.284. The summed E-state index contributed by atoms with van der Waals surface area (Å²) in [7, 11) is 0. The van der Waals surface area contributed by atoms with Crippen molar-refractivity contribution in [2.75, 3.05) is 23.8 Å². The highest BCUT2D eigenvalue weighted by molar-refractivity contribution is 7.12. The molecule has 8 nitrogen and oxygen atoms in total. The van der Waals surface area contributed by atoms with E-state index in [0.29, 0.717) is 23.9 Å². The number of aryl methyl sites for hydroxylation is 1. The lowest BCUT2D eigenvalue weighted by Gasteiger charge is -2.31. The summed E-state index contributed by atoms with van der Waals surface area (Å²) in [5.41, 5.74) is 0.497. The van der Waals surface area contributed by atoms with Gasteiger partial charge in [0.25, 0.3) is 5.91 Å². The molecule has 1 aliphatic heterocycles. The lowest BCUT2D eigenvalue weighted by atomic mass is 9.86. The van der Waals surface area contributed by atoms with E-state index in [1.165, 1.54) is 9.75 Å². The molecule has 4 N–H and O–H groups in total. The zero-order valence-electron chi connectivity index (χ0n) is 19.8. The Balaban J connectivity index is 1.58. The second kappa shape index (κ2) is 9.89. The van der Waals surface area contributed by atoms with Gasteiger partial charge in [-0.05, 0) is 49.4 Å². The van der Waals surface area contributed by atoms with E-state index in [4.69, 9.17) is 0 Å². The third-order valence-electron chi connectivity index (χ3n) is 6.05. The number of aliphatic hydroxyl groups is 1. The Kier molecular flexibility index (Phi) is 7.11. The molecule has 3 aromatic rings. The van der Waals surface area contributed by atoms with Crippen LogP contribution in [-0.2, 0) is 0 Å². The van der Waals surface area contributed by atoms with Gasteiger partial charge >= 0.3 is 0 Å². The van der Waals surface area contributed by atoms with Crippen molar-refractivity contribution < 1.29 is 15.0 Å². The van der Waals surface area contributed by atoms with Crippen LogP contribution >= 0.6 is 23.1 Å². The van der Waals surface area contributed by atoms with Crippen LogP contribution in [0, 0.1) is 12.3 Å². The van der Waals surface area contributed by atoms with Crippen LogP contribution in [0.1, 0.15) is 59.8 Å². The Morgan fingerprint density at radius 2 is 2.00 bits per heavy atom. The fraction of sp³-hybridized carbons (Fsp3) is 0.458. The van der Waals surface area contributed by atoms with Gasteiger partial charge < -0.3 is 25.7 Å². The number of hydrogen-bond acceptors (Lipinski definition) is 9. The molecular formula is C24H31N5O3S2. The first-order valence-electron chi connectivity index (χ1n) is 11.3. The normalized spacial score (nSPS) is 17.1. The molecule has 1 aliphatic rings. The average Bonchev–Trinajstić information content (AvgIpc) is 3.53. The van der Waals surface area contributed by atoms with Crippen LogP contribution in [0.3, 0.4) is 0 Å². The highest BCUT2D eigenvalue weighted by atomic mass is 32.1. The van der Waals surface area contributed by atoms with E-state index in [-0.39, 0.29) is 41.3 Å². The SMILES string of the molecule is Cc1ccc(C(Nc2nsnc2Nc2cccc(C(=O)N3CCCC3CO)c2O)C(C)(C)C)s1. The highest BCUT2D eigenvalue weighted by Gasteiger charge is 2.31. The van der Waals surface area contributed by atoms with Gasteiger partial charge in [0.1, 0.15) is 0 Å². The van der Waals surface area contributed by atoms with Crippen LogP contribution in [0.15, 0.2) is 30.3 Å². The average molecular weight is 502 g/mol. The summed E-state index contributed by atoms with van der Waals surface area (Å²) in [6.07, 6.45) is 1.60. The maximum Gasteiger partial charge on any atom is 0.258 e. The summed E-state index contributed by atoms with van der Waals surface area (Å²) in [6, 6.07) is 9.07. The molecule has 1 fully saturated rings. The molecule has 0 saturated carbocycles. The van der Waals surface area contributed by atoms with Crippen LogP contribution in [0.2, 0.25) is 0 Å². The number of aromatic hydroxyl groups is 1. The van der Waals surface area contributed by atoms with E-state index in [1.54, 1.807) is 34.4 Å². The first-order valence-corrected chi connectivity index (χ1v) is 12.9. The van der Waals surface area contributed by atoms with Crippen molar-refractivity contribution in [1.82, 2.24) is 13.6 Å². The summed E-state index contributed by atoms with van der Waals surface area (Å²) in [6.45, 7) is 9.10. The van der Waals surface area contributed by atoms with Crippen molar-refractivity contribution in [3.63, 3.8) is 0 Å². The van der Waals surface area contributed by atoms with E-state index in [2.05, 4.69) is 59.2 Å². The third-order valence-corrected chi connectivity index (χ3v) is 7.64. The summed E-state index contributed by atoms with van der Waals surface area (Å²) in [4.78, 5) is 17.2. The van der Waals surface area contributed by atoms with E-state index < -0.39 is 0 Å². The standard InChI is InChI=1S/C24H31N5O3S2/c1-14-10-11-18(33-14)20(24(2,3)4)26-22-21(27-34-28-22)25-17-9-5-8-16(19(17)31)23(32)29-12-6-7-15(29)13-30/h5,8-11,15,20,30-31H,6-7,12-13H2,1-4H3,(H,25,27)(H,26,28). The molecule has 1 aromatic carbocycles. The van der Waals surface area contributed by atoms with Gasteiger partial charge in [0.2, 0.25) is 0 Å². The number of benzene rings is 1. The van der Waals surface area contributed by atoms with Crippen LogP contribution in [0.25, 0.3) is 0 Å². The maximum atomic E-state index is 13.1. The Morgan fingerprint density at radius 1 is 1.24 bits per heavy atom. The number of nitrogens with zero attached hydrogens (tertiary/aromatic N) is 3. The Hall–Kier alpha value is -2.69. The number of carbonyl (C=O) groups is 1. The molecule has 2 unspecified atom stereocenters. The van der Waals surface area contributed by atoms with Gasteiger partial charge in [-0.1, -0.05) is 26.8 Å². The Bertz CT molecular complexity index is 1150. The van der Waals surface area contributed by atoms with Crippen molar-refractivity contribution in [3.05, 3.63) is 45.6 Å². The number of aromatic nitrogens is 2. The second-order valence-corrected chi connectivity index (χ2v) is 11.5. The van der Waals surface area contributed by atoms with Gasteiger partial charge in [0, 0.05) is 16.3 Å². The number of phenolic OH excluding ortho intramolecular Hbond substituents is 1. The fourth-order valence-electron chi connectivity index (χ4n) is 4.22. The Morgan fingerprint density at radius 3 is 2.68 bits per heavy atom. The second-order valence-electron chi connectivity index (χ2n) is 9.66. The van der Waals surface area contributed by atoms with E-state index >= 15 is 0 Å². The van der Waals surface area contributed by atoms with Crippen molar-refractivity contribution in [3.8, 4) is 5.75 Å². The lowest BCUT2D eigenvalue weighted by molar-refractivity contribution is 0.0674. The largest absolute Gasteiger partial charge is 0.505 e. The van der Waals surface area contributed by atoms with E-state index in [0.717, 1.165) is 24.6 Å². The quantitative estimate of drug-likeness (QED) is 0.331. The molecule has 0 aliphatic carbocycles. The number of para-hydroxylation sites is 1. The number of hydrogen-bond donors (Lipinski definition) is 4. The smallest absolute Gasteiger partial charge is 0.258 e. The summed E-state index contributed by atoms with van der Waals surface area (Å²) >= 11 is 2.82. The Labute approximate surface area is 208 Å². The minimum Gasteiger partial charge on any atom is -0.505 e. The van der Waals surface area contributed by atoms with Crippen molar-refractivity contribution in [2.45, 2.75) is 52.6 Å². The number of likely N-dealkylation sites (tertiary alicyclic amines) is 1. The zero-order valence-corrected chi connectivity index (χ0v) is 21.5. The summed E-state index contributed by atoms with van der Waals surface area (Å²) in [5.74, 6) is 0.651. The number of rotatable bonds is 7. The van der Waals surface area contributed by atoms with Crippen molar-refractivity contribution in [2.24, 2.45) is 5.41 Å². The molecular weight excluding hydrogens is 470 g/mol. The van der Waals surface area contributed by atoms with Gasteiger partial charge in [-0.25, -0.2) is 0 Å². The fourth-order valence-corrected chi connectivity index (χ4v) is 5.87. The summed E-state index contributed by atoms with van der Waals surface area (Å²) < 4.78 is 8.83. The number of nitrogens with one attached hydrogen (secondary N) is 2. The molecule has 1 amide bonds. The first kappa shape index (κ1) is 24.4. The molecule has 1 saturated heterocycles. The minimum absolute atomic E-state index is 0.0164. The van der Waals surface area contributed by atoms with Gasteiger partial charge in [0.15, 0.2) is 17.4 Å². The van der Waals surface area contributed by atoms with Gasteiger partial charge in [-0.3, -0.25) is 4.79 Å². The number of carbonyl (C=O) groups excluding carboxylic acids is 1. The third kappa shape index (κ3) is 5.03. The number of phenols is 1. The molecule has 34 heavy (non-hydrogen) atoms. The van der Waals surface area contributed by atoms with Crippen LogP contribution in [0.5, 0.6) is 5.75 Å². The van der Waals surface area contributed by atoms with Gasteiger partial charge in [-0.15, -0.1) is 11.3 Å². The number of aliphatic hydroxyl groups excluding tert-OH is 1. The predicted molar refractivity (Wildman–Crippen MR) is 137 cm³/mol. The molecule has 3 heterocycles.